The van der Waals surface area contributed by atoms with E-state index < -0.39 is 11.7 Å². The van der Waals surface area contributed by atoms with Crippen LogP contribution in [-0.2, 0) is 10.9 Å². The van der Waals surface area contributed by atoms with Crippen molar-refractivity contribution in [1.82, 2.24) is 0 Å². The molecule has 94 valence electrons. The van der Waals surface area contributed by atoms with Crippen molar-refractivity contribution in [1.29, 1.82) is 0 Å². The van der Waals surface area contributed by atoms with E-state index in [1.54, 1.807) is 0 Å². The van der Waals surface area contributed by atoms with E-state index in [-0.39, 0.29) is 10.9 Å². The maximum Gasteiger partial charge on any atom is 0.416 e. The smallest absolute Gasteiger partial charge is 0.398 e. The Morgan fingerprint density at radius 3 is 2.65 bits per heavy atom. The third-order valence-corrected chi connectivity index (χ3v) is 3.85. The maximum atomic E-state index is 12.4. The second-order valence-electron chi connectivity index (χ2n) is 3.85. The van der Waals surface area contributed by atoms with Crippen LogP contribution in [0.1, 0.15) is 12.0 Å². The third kappa shape index (κ3) is 3.07. The first kappa shape index (κ1) is 12.6. The first-order valence-corrected chi connectivity index (χ1v) is 6.06. The fraction of sp³-hybridized carbons (Fsp3) is 0.455. The molecule has 1 aliphatic rings. The van der Waals surface area contributed by atoms with E-state index in [0.717, 1.165) is 18.6 Å². The number of ether oxygens (including phenoxy) is 1. The number of rotatable bonds is 2. The second-order valence-corrected chi connectivity index (χ2v) is 5.20. The molecule has 0 spiro atoms. The Bertz CT molecular complexity index is 402. The molecule has 1 aromatic rings. The predicted octanol–water partition coefficient (Wildman–Crippen LogP) is 3.17. The molecule has 0 aliphatic carbocycles. The minimum absolute atomic E-state index is 0.178. The number of nitrogen functional groups attached to an aromatic ring is 1. The molecule has 0 radical (unpaired) electrons. The molecular formula is C11H12F3NOS. The number of halogens is 3. The van der Waals surface area contributed by atoms with Crippen LogP contribution in [0.25, 0.3) is 0 Å². The van der Waals surface area contributed by atoms with Gasteiger partial charge in [-0.15, -0.1) is 11.8 Å². The van der Waals surface area contributed by atoms with E-state index in [1.165, 1.54) is 17.8 Å². The van der Waals surface area contributed by atoms with Gasteiger partial charge in [-0.25, -0.2) is 0 Å². The number of hydrogen-bond donors (Lipinski definition) is 1. The lowest BCUT2D eigenvalue weighted by molar-refractivity contribution is -0.137. The molecular weight excluding hydrogens is 251 g/mol. The molecule has 2 nitrogen and oxygen atoms in total. The molecule has 1 aromatic carbocycles. The highest BCUT2D eigenvalue weighted by Crippen LogP contribution is 2.36. The van der Waals surface area contributed by atoms with Gasteiger partial charge in [-0.3, -0.25) is 0 Å². The highest BCUT2D eigenvalue weighted by Gasteiger charge is 2.31. The zero-order valence-electron chi connectivity index (χ0n) is 8.96. The Labute approximate surface area is 101 Å². The van der Waals surface area contributed by atoms with E-state index in [2.05, 4.69) is 0 Å². The Hall–Kier alpha value is -0.880. The maximum absolute atomic E-state index is 12.4. The fourth-order valence-electron chi connectivity index (χ4n) is 1.62. The van der Waals surface area contributed by atoms with Gasteiger partial charge in [-0.05, 0) is 24.6 Å². The van der Waals surface area contributed by atoms with E-state index in [9.17, 15) is 13.2 Å². The topological polar surface area (TPSA) is 35.2 Å². The Balaban J connectivity index is 2.14. The predicted molar refractivity (Wildman–Crippen MR) is 60.9 cm³/mol. The average Bonchev–Trinajstić information content (AvgIpc) is 2.72. The van der Waals surface area contributed by atoms with Crippen molar-refractivity contribution in [2.24, 2.45) is 0 Å². The SMILES string of the molecule is Nc1cc(C(F)(F)F)ccc1SC1CCOC1. The lowest BCUT2D eigenvalue weighted by atomic mass is 10.2. The van der Waals surface area contributed by atoms with Gasteiger partial charge < -0.3 is 10.5 Å². The van der Waals surface area contributed by atoms with Gasteiger partial charge in [0.2, 0.25) is 0 Å². The number of nitrogens with two attached hydrogens (primary N) is 1. The summed E-state index contributed by atoms with van der Waals surface area (Å²) >= 11 is 1.48. The molecule has 0 saturated carbocycles. The van der Waals surface area contributed by atoms with Gasteiger partial charge >= 0.3 is 6.18 Å². The van der Waals surface area contributed by atoms with Crippen molar-refractivity contribution in [3.05, 3.63) is 23.8 Å². The van der Waals surface area contributed by atoms with E-state index in [1.807, 2.05) is 0 Å². The van der Waals surface area contributed by atoms with E-state index in [4.69, 9.17) is 10.5 Å². The monoisotopic (exact) mass is 263 g/mol. The number of hydrogen-bond acceptors (Lipinski definition) is 3. The molecule has 0 bridgehead atoms. The first-order chi connectivity index (χ1) is 7.97. The Morgan fingerprint density at radius 2 is 2.12 bits per heavy atom. The van der Waals surface area contributed by atoms with Gasteiger partial charge in [0.15, 0.2) is 0 Å². The summed E-state index contributed by atoms with van der Waals surface area (Å²) in [5.41, 5.74) is 5.11. The number of thioether (sulfide) groups is 1. The van der Waals surface area contributed by atoms with Crippen LogP contribution in [0.2, 0.25) is 0 Å². The molecule has 2 N–H and O–H groups in total. The molecule has 6 heteroatoms. The average molecular weight is 263 g/mol. The van der Waals surface area contributed by atoms with Crippen LogP contribution in [-0.4, -0.2) is 18.5 Å². The van der Waals surface area contributed by atoms with Crippen molar-refractivity contribution < 1.29 is 17.9 Å². The Morgan fingerprint density at radius 1 is 1.35 bits per heavy atom. The van der Waals surface area contributed by atoms with Gasteiger partial charge in [0, 0.05) is 22.4 Å². The van der Waals surface area contributed by atoms with Gasteiger partial charge in [0.05, 0.1) is 12.2 Å². The van der Waals surface area contributed by atoms with E-state index in [0.29, 0.717) is 18.1 Å². The number of anilines is 1. The molecule has 0 aromatic heterocycles. The molecule has 1 saturated heterocycles. The van der Waals surface area contributed by atoms with Crippen molar-refractivity contribution in [2.75, 3.05) is 18.9 Å². The molecule has 1 atom stereocenters. The van der Waals surface area contributed by atoms with Gasteiger partial charge in [-0.2, -0.15) is 13.2 Å². The summed E-state index contributed by atoms with van der Waals surface area (Å²) in [6.07, 6.45) is -3.43. The lowest BCUT2D eigenvalue weighted by Crippen LogP contribution is -2.07. The van der Waals surface area contributed by atoms with Crippen LogP contribution >= 0.6 is 11.8 Å². The zero-order valence-corrected chi connectivity index (χ0v) is 9.77. The van der Waals surface area contributed by atoms with Crippen molar-refractivity contribution in [2.45, 2.75) is 22.7 Å². The molecule has 0 amide bonds. The first-order valence-electron chi connectivity index (χ1n) is 5.18. The largest absolute Gasteiger partial charge is 0.416 e. The summed E-state index contributed by atoms with van der Waals surface area (Å²) in [5, 5.41) is 0.286. The highest BCUT2D eigenvalue weighted by atomic mass is 32.2. The van der Waals surface area contributed by atoms with E-state index >= 15 is 0 Å². The van der Waals surface area contributed by atoms with Gasteiger partial charge in [0.25, 0.3) is 0 Å². The summed E-state index contributed by atoms with van der Waals surface area (Å²) in [4.78, 5) is 0.688. The molecule has 17 heavy (non-hydrogen) atoms. The van der Waals surface area contributed by atoms with Crippen LogP contribution in [0.3, 0.4) is 0 Å². The summed E-state index contributed by atoms with van der Waals surface area (Å²) < 4.78 is 42.5. The molecule has 1 heterocycles. The van der Waals surface area contributed by atoms with Crippen LogP contribution in [0.5, 0.6) is 0 Å². The Kier molecular flexibility index (Phi) is 3.53. The molecule has 1 aliphatic heterocycles. The van der Waals surface area contributed by atoms with Crippen LogP contribution in [0, 0.1) is 0 Å². The van der Waals surface area contributed by atoms with Crippen LogP contribution in [0.4, 0.5) is 18.9 Å². The number of alkyl halides is 3. The van der Waals surface area contributed by atoms with Crippen molar-refractivity contribution in [3.8, 4) is 0 Å². The fourth-order valence-corrected chi connectivity index (χ4v) is 2.70. The summed E-state index contributed by atoms with van der Waals surface area (Å²) in [5.74, 6) is 0. The standard InChI is InChI=1S/C11H12F3NOS/c12-11(13,14)7-1-2-10(9(15)5-7)17-8-3-4-16-6-8/h1-2,5,8H,3-4,6,15H2. The normalized spacial score (nSPS) is 20.8. The minimum Gasteiger partial charge on any atom is -0.398 e. The summed E-state index contributed by atoms with van der Waals surface area (Å²) in [6, 6.07) is 3.48. The molecule has 2 rings (SSSR count). The van der Waals surface area contributed by atoms with Gasteiger partial charge in [0.1, 0.15) is 0 Å². The highest BCUT2D eigenvalue weighted by molar-refractivity contribution is 8.00. The molecule has 1 unspecified atom stereocenters. The van der Waals surface area contributed by atoms with Gasteiger partial charge in [-0.1, -0.05) is 0 Å². The lowest BCUT2D eigenvalue weighted by Gasteiger charge is -2.12. The van der Waals surface area contributed by atoms with Crippen molar-refractivity contribution >= 4 is 17.4 Å². The summed E-state index contributed by atoms with van der Waals surface area (Å²) in [6.45, 7) is 1.34. The third-order valence-electron chi connectivity index (χ3n) is 2.52. The summed E-state index contributed by atoms with van der Waals surface area (Å²) in [7, 11) is 0. The quantitative estimate of drug-likeness (QED) is 0.832. The zero-order chi connectivity index (χ0) is 12.5. The van der Waals surface area contributed by atoms with Crippen molar-refractivity contribution in [3.63, 3.8) is 0 Å². The van der Waals surface area contributed by atoms with Crippen LogP contribution < -0.4 is 5.73 Å². The molecule has 1 fully saturated rings. The number of benzene rings is 1. The second kappa shape index (κ2) is 4.78. The van der Waals surface area contributed by atoms with Crippen LogP contribution in [0.15, 0.2) is 23.1 Å². The minimum atomic E-state index is -4.34.